The highest BCUT2D eigenvalue weighted by atomic mass is 127. The zero-order chi connectivity index (χ0) is 13.3. The van der Waals surface area contributed by atoms with E-state index in [9.17, 15) is 0 Å². The summed E-state index contributed by atoms with van der Waals surface area (Å²) in [6.45, 7) is 1.65. The smallest absolute Gasteiger partial charge is 0.191 e. The fourth-order valence-corrected chi connectivity index (χ4v) is 2.32. The second-order valence-electron chi connectivity index (χ2n) is 4.04. The second-order valence-corrected chi connectivity index (χ2v) is 5.08. The van der Waals surface area contributed by atoms with E-state index in [4.69, 9.17) is 0 Å². The van der Waals surface area contributed by atoms with Crippen LogP contribution in [0.4, 0.5) is 0 Å². The van der Waals surface area contributed by atoms with E-state index in [-0.39, 0.29) is 24.0 Å². The van der Waals surface area contributed by atoms with Crippen LogP contribution in [0.25, 0.3) is 0 Å². The zero-order valence-corrected chi connectivity index (χ0v) is 14.5. The molecule has 0 unspecified atom stereocenters. The molecule has 0 radical (unpaired) electrons. The molecule has 108 valence electrons. The van der Waals surface area contributed by atoms with Crippen LogP contribution in [0.1, 0.15) is 10.4 Å². The van der Waals surface area contributed by atoms with Crippen LogP contribution >= 0.6 is 35.3 Å². The van der Waals surface area contributed by atoms with Crippen molar-refractivity contribution in [2.75, 3.05) is 13.6 Å². The monoisotopic (exact) mass is 402 g/mol. The number of hydrogen-bond donors (Lipinski definition) is 2. The maximum atomic E-state index is 4.20. The number of halogens is 1. The molecule has 2 aromatic heterocycles. The Morgan fingerprint density at radius 3 is 2.85 bits per heavy atom. The van der Waals surface area contributed by atoms with Crippen LogP contribution in [0, 0.1) is 0 Å². The maximum Gasteiger partial charge on any atom is 0.191 e. The van der Waals surface area contributed by atoms with Gasteiger partial charge in [-0.15, -0.1) is 35.3 Å². The van der Waals surface area contributed by atoms with Gasteiger partial charge < -0.3 is 10.6 Å². The lowest BCUT2D eigenvalue weighted by Crippen LogP contribution is -2.37. The molecule has 0 aliphatic carbocycles. The largest absolute Gasteiger partial charge is 0.356 e. The van der Waals surface area contributed by atoms with Gasteiger partial charge in [0.25, 0.3) is 0 Å². The SMILES string of the molecule is CN=C(NCCc1cccnc1)NCc1cccs1.I. The molecule has 0 aliphatic rings. The average molecular weight is 402 g/mol. The Balaban J connectivity index is 0.00000200. The first kappa shape index (κ1) is 16.9. The Hall–Kier alpha value is -1.15. The van der Waals surface area contributed by atoms with Gasteiger partial charge in [0.1, 0.15) is 0 Å². The molecule has 2 N–H and O–H groups in total. The lowest BCUT2D eigenvalue weighted by Gasteiger charge is -2.11. The minimum atomic E-state index is 0. The fraction of sp³-hybridized carbons (Fsp3) is 0.286. The van der Waals surface area contributed by atoms with E-state index in [1.54, 1.807) is 24.6 Å². The number of guanidine groups is 1. The number of aliphatic imine (C=N–C) groups is 1. The predicted molar refractivity (Wildman–Crippen MR) is 95.9 cm³/mol. The lowest BCUT2D eigenvalue weighted by molar-refractivity contribution is 0.797. The van der Waals surface area contributed by atoms with Gasteiger partial charge in [-0.25, -0.2) is 0 Å². The van der Waals surface area contributed by atoms with Crippen molar-refractivity contribution < 1.29 is 0 Å². The third kappa shape index (κ3) is 5.87. The zero-order valence-electron chi connectivity index (χ0n) is 11.4. The summed E-state index contributed by atoms with van der Waals surface area (Å²) in [5, 5.41) is 8.67. The van der Waals surface area contributed by atoms with Gasteiger partial charge in [0, 0.05) is 30.9 Å². The number of aromatic nitrogens is 1. The summed E-state index contributed by atoms with van der Waals surface area (Å²) in [5.41, 5.74) is 1.23. The minimum absolute atomic E-state index is 0. The van der Waals surface area contributed by atoms with Gasteiger partial charge in [0.2, 0.25) is 0 Å². The van der Waals surface area contributed by atoms with Crippen molar-refractivity contribution in [2.45, 2.75) is 13.0 Å². The molecule has 2 heterocycles. The predicted octanol–water partition coefficient (Wildman–Crippen LogP) is 2.67. The van der Waals surface area contributed by atoms with E-state index in [1.165, 1.54) is 10.4 Å². The van der Waals surface area contributed by atoms with Crippen LogP contribution in [-0.4, -0.2) is 24.5 Å². The van der Waals surface area contributed by atoms with Gasteiger partial charge in [-0.2, -0.15) is 0 Å². The molecule has 0 aromatic carbocycles. The van der Waals surface area contributed by atoms with Crippen LogP contribution in [0.15, 0.2) is 47.0 Å². The minimum Gasteiger partial charge on any atom is -0.356 e. The third-order valence-electron chi connectivity index (χ3n) is 2.66. The van der Waals surface area contributed by atoms with Crippen LogP contribution in [0.5, 0.6) is 0 Å². The number of nitrogens with one attached hydrogen (secondary N) is 2. The van der Waals surface area contributed by atoms with Gasteiger partial charge in [0.05, 0.1) is 6.54 Å². The fourth-order valence-electron chi connectivity index (χ4n) is 1.68. The first-order chi connectivity index (χ1) is 9.38. The Bertz CT molecular complexity index is 499. The molecule has 0 aliphatic heterocycles. The summed E-state index contributed by atoms with van der Waals surface area (Å²) in [6, 6.07) is 8.20. The summed E-state index contributed by atoms with van der Waals surface area (Å²) >= 11 is 1.74. The maximum absolute atomic E-state index is 4.20. The van der Waals surface area contributed by atoms with Crippen LogP contribution in [0.2, 0.25) is 0 Å². The third-order valence-corrected chi connectivity index (χ3v) is 3.54. The van der Waals surface area contributed by atoms with Crippen LogP contribution in [-0.2, 0) is 13.0 Å². The molecule has 0 saturated heterocycles. The molecular weight excluding hydrogens is 383 g/mol. The van der Waals surface area contributed by atoms with E-state index in [0.717, 1.165) is 25.5 Å². The number of thiophene rings is 1. The van der Waals surface area contributed by atoms with Crippen molar-refractivity contribution in [1.29, 1.82) is 0 Å². The topological polar surface area (TPSA) is 49.3 Å². The van der Waals surface area contributed by atoms with Crippen LogP contribution in [0.3, 0.4) is 0 Å². The van der Waals surface area contributed by atoms with E-state index in [1.807, 2.05) is 12.3 Å². The van der Waals surface area contributed by atoms with Crippen molar-refractivity contribution in [2.24, 2.45) is 4.99 Å². The Morgan fingerprint density at radius 2 is 2.20 bits per heavy atom. The molecule has 0 fully saturated rings. The quantitative estimate of drug-likeness (QED) is 0.460. The van der Waals surface area contributed by atoms with Gasteiger partial charge in [-0.05, 0) is 29.5 Å². The molecule has 2 rings (SSSR count). The highest BCUT2D eigenvalue weighted by Gasteiger charge is 1.99. The highest BCUT2D eigenvalue weighted by molar-refractivity contribution is 14.0. The van der Waals surface area contributed by atoms with E-state index < -0.39 is 0 Å². The number of hydrogen-bond acceptors (Lipinski definition) is 3. The molecule has 0 atom stereocenters. The average Bonchev–Trinajstić information content (AvgIpc) is 2.97. The Morgan fingerprint density at radius 1 is 1.30 bits per heavy atom. The Labute approximate surface area is 140 Å². The summed E-state index contributed by atoms with van der Waals surface area (Å²) in [7, 11) is 1.79. The first-order valence-corrected chi connectivity index (χ1v) is 7.12. The standard InChI is InChI=1S/C14H18N4S.HI/c1-15-14(18-11-13-5-3-9-19-13)17-8-6-12-4-2-7-16-10-12;/h2-5,7,9-10H,6,8,11H2,1H3,(H2,15,17,18);1H. The lowest BCUT2D eigenvalue weighted by atomic mass is 10.2. The number of nitrogens with zero attached hydrogens (tertiary/aromatic N) is 2. The van der Waals surface area contributed by atoms with Crippen LogP contribution < -0.4 is 10.6 Å². The molecule has 4 nitrogen and oxygen atoms in total. The van der Waals surface area contributed by atoms with Gasteiger partial charge in [-0.3, -0.25) is 9.98 Å². The summed E-state index contributed by atoms with van der Waals surface area (Å²) in [4.78, 5) is 9.60. The normalized spacial score (nSPS) is 10.8. The molecule has 0 saturated carbocycles. The van der Waals surface area contributed by atoms with Gasteiger partial charge >= 0.3 is 0 Å². The molecule has 20 heavy (non-hydrogen) atoms. The summed E-state index contributed by atoms with van der Waals surface area (Å²) in [6.07, 6.45) is 4.62. The molecule has 0 bridgehead atoms. The van der Waals surface area contributed by atoms with Crippen molar-refractivity contribution in [1.82, 2.24) is 15.6 Å². The highest BCUT2D eigenvalue weighted by Crippen LogP contribution is 2.07. The summed E-state index contributed by atoms with van der Waals surface area (Å²) in [5.74, 6) is 0.831. The van der Waals surface area contributed by atoms with E-state index >= 15 is 0 Å². The number of pyridine rings is 1. The van der Waals surface area contributed by atoms with Gasteiger partial charge in [0.15, 0.2) is 5.96 Å². The molecule has 0 spiro atoms. The first-order valence-electron chi connectivity index (χ1n) is 6.24. The van der Waals surface area contributed by atoms with Crippen molar-refractivity contribution >= 4 is 41.3 Å². The Kier molecular flexibility index (Phi) is 8.20. The molecule has 2 aromatic rings. The molecular formula is C14H19IN4S. The second kappa shape index (κ2) is 9.71. The van der Waals surface area contributed by atoms with Crippen molar-refractivity contribution in [3.63, 3.8) is 0 Å². The summed E-state index contributed by atoms with van der Waals surface area (Å²) < 4.78 is 0. The van der Waals surface area contributed by atoms with Crippen molar-refractivity contribution in [3.8, 4) is 0 Å². The molecule has 6 heteroatoms. The number of rotatable bonds is 5. The van der Waals surface area contributed by atoms with Gasteiger partial charge in [-0.1, -0.05) is 12.1 Å². The molecule has 0 amide bonds. The van der Waals surface area contributed by atoms with E-state index in [2.05, 4.69) is 44.2 Å². The van der Waals surface area contributed by atoms with Crippen molar-refractivity contribution in [3.05, 3.63) is 52.5 Å². The van der Waals surface area contributed by atoms with E-state index in [0.29, 0.717) is 0 Å².